The molecule has 0 amide bonds. The van der Waals surface area contributed by atoms with Gasteiger partial charge in [-0.3, -0.25) is 4.98 Å². The number of rotatable bonds is 5. The van der Waals surface area contributed by atoms with Crippen LogP contribution in [-0.4, -0.2) is 12.0 Å². The van der Waals surface area contributed by atoms with Crippen LogP contribution in [0.15, 0.2) is 42.7 Å². The van der Waals surface area contributed by atoms with E-state index in [2.05, 4.69) is 16.4 Å². The van der Waals surface area contributed by atoms with Gasteiger partial charge in [0.05, 0.1) is 0 Å². The fraction of sp³-hybridized carbons (Fsp3) is 0.312. The molecule has 2 nitrogen and oxygen atoms in total. The number of aromatic nitrogens is 1. The van der Waals surface area contributed by atoms with Crippen LogP contribution in [0.5, 0.6) is 0 Å². The van der Waals surface area contributed by atoms with Gasteiger partial charge >= 0.3 is 0 Å². The highest BCUT2D eigenvalue weighted by molar-refractivity contribution is 5.26. The summed E-state index contributed by atoms with van der Waals surface area (Å²) in [7, 11) is 1.94. The Morgan fingerprint density at radius 1 is 1.32 bits per heavy atom. The zero-order valence-corrected chi connectivity index (χ0v) is 11.4. The van der Waals surface area contributed by atoms with E-state index in [-0.39, 0.29) is 11.9 Å². The van der Waals surface area contributed by atoms with Gasteiger partial charge in [0.25, 0.3) is 0 Å². The van der Waals surface area contributed by atoms with Gasteiger partial charge in [-0.15, -0.1) is 0 Å². The third-order valence-corrected chi connectivity index (χ3v) is 3.38. The summed E-state index contributed by atoms with van der Waals surface area (Å²) in [5.41, 5.74) is 3.05. The molecule has 2 rings (SSSR count). The number of aryl methyl sites for hydroxylation is 2. The summed E-state index contributed by atoms with van der Waals surface area (Å²) in [4.78, 5) is 4.12. The van der Waals surface area contributed by atoms with Crippen molar-refractivity contribution in [1.29, 1.82) is 0 Å². The van der Waals surface area contributed by atoms with E-state index in [1.54, 1.807) is 19.2 Å². The maximum atomic E-state index is 13.3. The van der Waals surface area contributed by atoms with Crippen LogP contribution in [0.25, 0.3) is 0 Å². The number of hydrogen-bond donors (Lipinski definition) is 1. The maximum absolute atomic E-state index is 13.3. The first-order valence-corrected chi connectivity index (χ1v) is 6.53. The van der Waals surface area contributed by atoms with E-state index in [1.165, 1.54) is 5.56 Å². The Morgan fingerprint density at radius 3 is 2.79 bits per heavy atom. The third kappa shape index (κ3) is 3.61. The quantitative estimate of drug-likeness (QED) is 0.888. The molecule has 1 unspecified atom stereocenters. The van der Waals surface area contributed by atoms with Gasteiger partial charge in [0.2, 0.25) is 0 Å². The molecule has 3 heteroatoms. The molecular formula is C16H19FN2. The second-order valence-corrected chi connectivity index (χ2v) is 4.75. The second-order valence-electron chi connectivity index (χ2n) is 4.75. The van der Waals surface area contributed by atoms with Crippen molar-refractivity contribution in [1.82, 2.24) is 10.3 Å². The van der Waals surface area contributed by atoms with Crippen molar-refractivity contribution in [3.63, 3.8) is 0 Å². The van der Waals surface area contributed by atoms with Crippen LogP contribution < -0.4 is 5.32 Å². The van der Waals surface area contributed by atoms with E-state index in [0.717, 1.165) is 18.4 Å². The first-order chi connectivity index (χ1) is 9.20. The molecule has 0 aliphatic rings. The van der Waals surface area contributed by atoms with Crippen LogP contribution in [-0.2, 0) is 6.42 Å². The van der Waals surface area contributed by atoms with Crippen molar-refractivity contribution in [2.75, 3.05) is 7.05 Å². The molecule has 0 saturated carbocycles. The highest BCUT2D eigenvalue weighted by atomic mass is 19.1. The molecule has 0 saturated heterocycles. The molecule has 1 atom stereocenters. The molecule has 100 valence electrons. The number of nitrogens with one attached hydrogen (secondary N) is 1. The van der Waals surface area contributed by atoms with Crippen LogP contribution >= 0.6 is 0 Å². The summed E-state index contributed by atoms with van der Waals surface area (Å²) >= 11 is 0. The maximum Gasteiger partial charge on any atom is 0.126 e. The normalized spacial score (nSPS) is 12.4. The molecule has 1 heterocycles. The van der Waals surface area contributed by atoms with Gasteiger partial charge < -0.3 is 5.32 Å². The Hall–Kier alpha value is -1.74. The van der Waals surface area contributed by atoms with Crippen molar-refractivity contribution >= 4 is 0 Å². The molecule has 0 aliphatic heterocycles. The van der Waals surface area contributed by atoms with E-state index in [1.807, 2.05) is 31.4 Å². The minimum atomic E-state index is -0.147. The van der Waals surface area contributed by atoms with E-state index >= 15 is 0 Å². The number of hydrogen-bond acceptors (Lipinski definition) is 2. The molecular weight excluding hydrogens is 239 g/mol. The van der Waals surface area contributed by atoms with Gasteiger partial charge in [-0.05, 0) is 55.6 Å². The fourth-order valence-electron chi connectivity index (χ4n) is 2.22. The summed E-state index contributed by atoms with van der Waals surface area (Å²) in [6, 6.07) is 9.58. The molecule has 0 fully saturated rings. The van der Waals surface area contributed by atoms with Crippen molar-refractivity contribution in [2.24, 2.45) is 0 Å². The van der Waals surface area contributed by atoms with E-state index in [9.17, 15) is 4.39 Å². The zero-order chi connectivity index (χ0) is 13.7. The van der Waals surface area contributed by atoms with Gasteiger partial charge in [0.15, 0.2) is 0 Å². The van der Waals surface area contributed by atoms with Crippen molar-refractivity contribution < 1.29 is 4.39 Å². The lowest BCUT2D eigenvalue weighted by atomic mass is 9.98. The molecule has 0 radical (unpaired) electrons. The Labute approximate surface area is 113 Å². The minimum Gasteiger partial charge on any atom is -0.313 e. The van der Waals surface area contributed by atoms with Crippen molar-refractivity contribution in [3.8, 4) is 0 Å². The van der Waals surface area contributed by atoms with Gasteiger partial charge in [-0.25, -0.2) is 4.39 Å². The molecule has 1 aromatic carbocycles. The Morgan fingerprint density at radius 2 is 2.16 bits per heavy atom. The lowest BCUT2D eigenvalue weighted by molar-refractivity contribution is 0.545. The van der Waals surface area contributed by atoms with Gasteiger partial charge in [-0.2, -0.15) is 0 Å². The molecule has 2 aromatic rings. The van der Waals surface area contributed by atoms with E-state index < -0.39 is 0 Å². The van der Waals surface area contributed by atoms with Crippen LogP contribution in [0, 0.1) is 12.7 Å². The summed E-state index contributed by atoms with van der Waals surface area (Å²) < 4.78 is 13.3. The average molecular weight is 258 g/mol. The SMILES string of the molecule is CNC(CCc1cccnc1)c1ccc(F)c(C)c1. The van der Waals surface area contributed by atoms with Crippen molar-refractivity contribution in [2.45, 2.75) is 25.8 Å². The Bertz CT molecular complexity index is 526. The van der Waals surface area contributed by atoms with E-state index in [4.69, 9.17) is 0 Å². The number of pyridine rings is 1. The lowest BCUT2D eigenvalue weighted by Crippen LogP contribution is -2.17. The van der Waals surface area contributed by atoms with Crippen LogP contribution in [0.4, 0.5) is 4.39 Å². The summed E-state index contributed by atoms with van der Waals surface area (Å²) in [5.74, 6) is -0.147. The molecule has 19 heavy (non-hydrogen) atoms. The topological polar surface area (TPSA) is 24.9 Å². The largest absolute Gasteiger partial charge is 0.313 e. The first kappa shape index (κ1) is 13.7. The molecule has 0 aliphatic carbocycles. The number of halogens is 1. The second kappa shape index (κ2) is 6.43. The monoisotopic (exact) mass is 258 g/mol. The minimum absolute atomic E-state index is 0.147. The summed E-state index contributed by atoms with van der Waals surface area (Å²) in [6.45, 7) is 1.80. The van der Waals surface area contributed by atoms with E-state index in [0.29, 0.717) is 5.56 Å². The molecule has 0 bridgehead atoms. The van der Waals surface area contributed by atoms with Gasteiger partial charge in [0.1, 0.15) is 5.82 Å². The molecule has 0 spiro atoms. The summed E-state index contributed by atoms with van der Waals surface area (Å²) in [5, 5.41) is 3.29. The van der Waals surface area contributed by atoms with Gasteiger partial charge in [-0.1, -0.05) is 18.2 Å². The highest BCUT2D eigenvalue weighted by Gasteiger charge is 2.10. The average Bonchev–Trinajstić information content (AvgIpc) is 2.44. The zero-order valence-electron chi connectivity index (χ0n) is 11.4. The molecule has 1 aromatic heterocycles. The lowest BCUT2D eigenvalue weighted by Gasteiger charge is -2.17. The van der Waals surface area contributed by atoms with Crippen LogP contribution in [0.2, 0.25) is 0 Å². The van der Waals surface area contributed by atoms with Gasteiger partial charge in [0, 0.05) is 18.4 Å². The third-order valence-electron chi connectivity index (χ3n) is 3.38. The Kier molecular flexibility index (Phi) is 4.63. The fourth-order valence-corrected chi connectivity index (χ4v) is 2.22. The number of benzene rings is 1. The highest BCUT2D eigenvalue weighted by Crippen LogP contribution is 2.21. The summed E-state index contributed by atoms with van der Waals surface area (Å²) in [6.07, 6.45) is 5.59. The molecule has 1 N–H and O–H groups in total. The smallest absolute Gasteiger partial charge is 0.126 e. The predicted octanol–water partition coefficient (Wildman–Crippen LogP) is 3.42. The van der Waals surface area contributed by atoms with Crippen LogP contribution in [0.3, 0.4) is 0 Å². The van der Waals surface area contributed by atoms with Crippen LogP contribution in [0.1, 0.15) is 29.2 Å². The van der Waals surface area contributed by atoms with Crippen molar-refractivity contribution in [3.05, 3.63) is 65.2 Å². The Balaban J connectivity index is 2.05. The standard InChI is InChI=1S/C16H19FN2/c1-12-10-14(6-7-15(12)17)16(18-2)8-5-13-4-3-9-19-11-13/h3-4,6-7,9-11,16,18H,5,8H2,1-2H3. The first-order valence-electron chi connectivity index (χ1n) is 6.53. The number of nitrogens with zero attached hydrogens (tertiary/aromatic N) is 1. The predicted molar refractivity (Wildman–Crippen MR) is 75.5 cm³/mol.